The smallest absolute Gasteiger partial charge is 0.174 e. The van der Waals surface area contributed by atoms with Crippen LogP contribution >= 0.6 is 0 Å². The fourth-order valence-corrected chi connectivity index (χ4v) is 4.11. The molecular weight excluding hydrogens is 394 g/mol. The Morgan fingerprint density at radius 2 is 1.74 bits per heavy atom. The van der Waals surface area contributed by atoms with E-state index >= 15 is 0 Å². The quantitative estimate of drug-likeness (QED) is 0.464. The molecule has 0 spiro atoms. The Morgan fingerprint density at radius 1 is 0.935 bits per heavy atom. The van der Waals surface area contributed by atoms with Crippen LogP contribution in [0.25, 0.3) is 22.6 Å². The van der Waals surface area contributed by atoms with E-state index in [1.807, 2.05) is 30.3 Å². The molecule has 5 rings (SSSR count). The van der Waals surface area contributed by atoms with E-state index in [2.05, 4.69) is 22.0 Å². The van der Waals surface area contributed by atoms with Gasteiger partial charge in [-0.3, -0.25) is 4.68 Å². The number of benzene rings is 2. The Bertz CT molecular complexity index is 1220. The third-order valence-electron chi connectivity index (χ3n) is 5.71. The molecule has 0 unspecified atom stereocenters. The molecule has 0 amide bonds. The van der Waals surface area contributed by atoms with E-state index in [1.54, 1.807) is 27.5 Å². The van der Waals surface area contributed by atoms with Crippen LogP contribution in [-0.4, -0.2) is 36.3 Å². The Balaban J connectivity index is 1.63. The van der Waals surface area contributed by atoms with Crippen LogP contribution in [-0.2, 0) is 19.4 Å². The van der Waals surface area contributed by atoms with Crippen molar-refractivity contribution in [3.63, 3.8) is 0 Å². The van der Waals surface area contributed by atoms with Crippen molar-refractivity contribution >= 4 is 0 Å². The zero-order chi connectivity index (χ0) is 21.4. The maximum atomic E-state index is 5.66. The molecule has 0 aliphatic heterocycles. The minimum atomic E-state index is 0.656. The summed E-state index contributed by atoms with van der Waals surface area (Å²) in [5, 5.41) is 9.05. The first-order chi connectivity index (χ1) is 15.2. The molecular formula is C24H23N3O4. The van der Waals surface area contributed by atoms with E-state index < -0.39 is 0 Å². The SMILES string of the molecule is COc1ccc(Cn2nc(-c3ccc(OC)c(OC)c3)c3c2CCc2cnoc2-3)cc1. The van der Waals surface area contributed by atoms with Gasteiger partial charge in [0.25, 0.3) is 0 Å². The average molecular weight is 417 g/mol. The Hall–Kier alpha value is -3.74. The minimum Gasteiger partial charge on any atom is -0.497 e. The predicted molar refractivity (Wildman–Crippen MR) is 116 cm³/mol. The van der Waals surface area contributed by atoms with Gasteiger partial charge in [-0.05, 0) is 48.7 Å². The first kappa shape index (κ1) is 19.2. The molecule has 7 heteroatoms. The minimum absolute atomic E-state index is 0.656. The second-order valence-corrected chi connectivity index (χ2v) is 7.43. The summed E-state index contributed by atoms with van der Waals surface area (Å²) in [5.74, 6) is 2.97. The summed E-state index contributed by atoms with van der Waals surface area (Å²) in [6.45, 7) is 0.656. The zero-order valence-corrected chi connectivity index (χ0v) is 17.7. The van der Waals surface area contributed by atoms with Gasteiger partial charge in [-0.25, -0.2) is 0 Å². The summed E-state index contributed by atoms with van der Waals surface area (Å²) < 4.78 is 23.9. The largest absolute Gasteiger partial charge is 0.497 e. The molecule has 1 aliphatic carbocycles. The van der Waals surface area contributed by atoms with Crippen LogP contribution in [0.2, 0.25) is 0 Å². The van der Waals surface area contributed by atoms with E-state index in [9.17, 15) is 0 Å². The highest BCUT2D eigenvalue weighted by Gasteiger charge is 2.29. The summed E-state index contributed by atoms with van der Waals surface area (Å²) in [7, 11) is 4.93. The van der Waals surface area contributed by atoms with E-state index in [-0.39, 0.29) is 0 Å². The molecule has 2 heterocycles. The van der Waals surface area contributed by atoms with Crippen molar-refractivity contribution in [2.24, 2.45) is 0 Å². The number of fused-ring (bicyclic) bond motifs is 3. The number of aryl methyl sites for hydroxylation is 1. The Morgan fingerprint density at radius 3 is 2.48 bits per heavy atom. The van der Waals surface area contributed by atoms with Gasteiger partial charge in [0, 0.05) is 11.1 Å². The maximum Gasteiger partial charge on any atom is 0.174 e. The molecule has 0 fully saturated rings. The molecule has 7 nitrogen and oxygen atoms in total. The van der Waals surface area contributed by atoms with Gasteiger partial charge in [0.05, 0.1) is 45.3 Å². The van der Waals surface area contributed by atoms with Gasteiger partial charge in [0.2, 0.25) is 0 Å². The van der Waals surface area contributed by atoms with Gasteiger partial charge in [-0.2, -0.15) is 5.10 Å². The van der Waals surface area contributed by atoms with E-state index in [0.29, 0.717) is 18.0 Å². The number of ether oxygens (including phenoxy) is 3. The van der Waals surface area contributed by atoms with Crippen molar-refractivity contribution in [2.45, 2.75) is 19.4 Å². The van der Waals surface area contributed by atoms with E-state index in [1.165, 1.54) is 0 Å². The summed E-state index contributed by atoms with van der Waals surface area (Å²) in [6.07, 6.45) is 3.56. The van der Waals surface area contributed by atoms with Crippen LogP contribution in [0.1, 0.15) is 16.8 Å². The van der Waals surface area contributed by atoms with Crippen LogP contribution in [0.5, 0.6) is 17.2 Å². The molecule has 1 aliphatic rings. The average Bonchev–Trinajstić information content (AvgIpc) is 3.43. The first-order valence-corrected chi connectivity index (χ1v) is 10.1. The number of methoxy groups -OCH3 is 3. The molecule has 31 heavy (non-hydrogen) atoms. The first-order valence-electron chi connectivity index (χ1n) is 10.1. The fourth-order valence-electron chi connectivity index (χ4n) is 4.11. The molecule has 158 valence electrons. The van der Waals surface area contributed by atoms with Gasteiger partial charge in [0.1, 0.15) is 11.4 Å². The van der Waals surface area contributed by atoms with Gasteiger partial charge >= 0.3 is 0 Å². The van der Waals surface area contributed by atoms with Crippen molar-refractivity contribution in [3.8, 4) is 39.8 Å². The molecule has 2 aromatic heterocycles. The second kappa shape index (κ2) is 7.83. The van der Waals surface area contributed by atoms with Crippen molar-refractivity contribution in [1.82, 2.24) is 14.9 Å². The van der Waals surface area contributed by atoms with Crippen molar-refractivity contribution in [2.75, 3.05) is 21.3 Å². The van der Waals surface area contributed by atoms with Gasteiger partial charge in [-0.1, -0.05) is 17.3 Å². The van der Waals surface area contributed by atoms with Gasteiger partial charge in [0.15, 0.2) is 17.3 Å². The molecule has 2 aromatic carbocycles. The number of rotatable bonds is 6. The molecule has 0 bridgehead atoms. The topological polar surface area (TPSA) is 71.5 Å². The van der Waals surface area contributed by atoms with Crippen LogP contribution < -0.4 is 14.2 Å². The predicted octanol–water partition coefficient (Wildman–Crippen LogP) is 4.38. The van der Waals surface area contributed by atoms with E-state index in [4.69, 9.17) is 23.8 Å². The van der Waals surface area contributed by atoms with E-state index in [0.717, 1.165) is 58.0 Å². The highest BCUT2D eigenvalue weighted by Crippen LogP contribution is 2.42. The van der Waals surface area contributed by atoms with Crippen molar-refractivity contribution in [1.29, 1.82) is 0 Å². The molecule has 0 atom stereocenters. The zero-order valence-electron chi connectivity index (χ0n) is 17.7. The van der Waals surface area contributed by atoms with Crippen LogP contribution in [0.15, 0.2) is 53.2 Å². The Labute approximate surface area is 180 Å². The van der Waals surface area contributed by atoms with Crippen LogP contribution in [0.3, 0.4) is 0 Å². The number of hydrogen-bond donors (Lipinski definition) is 0. The summed E-state index contributed by atoms with van der Waals surface area (Å²) >= 11 is 0. The highest BCUT2D eigenvalue weighted by molar-refractivity contribution is 5.83. The summed E-state index contributed by atoms with van der Waals surface area (Å²) in [6, 6.07) is 13.9. The summed E-state index contributed by atoms with van der Waals surface area (Å²) in [4.78, 5) is 0. The Kier molecular flexibility index (Phi) is 4.86. The lowest BCUT2D eigenvalue weighted by molar-refractivity contribution is 0.355. The van der Waals surface area contributed by atoms with Crippen LogP contribution in [0.4, 0.5) is 0 Å². The lowest BCUT2D eigenvalue weighted by atomic mass is 9.92. The molecule has 0 saturated carbocycles. The van der Waals surface area contributed by atoms with Crippen molar-refractivity contribution < 1.29 is 18.7 Å². The molecule has 0 N–H and O–H groups in total. The highest BCUT2D eigenvalue weighted by atomic mass is 16.5. The lowest BCUT2D eigenvalue weighted by Gasteiger charge is -2.14. The maximum absolute atomic E-state index is 5.66. The third-order valence-corrected chi connectivity index (χ3v) is 5.71. The standard InChI is InChI=1S/C24H23N3O4/c1-28-18-8-4-15(5-9-18)14-27-19-10-6-17-13-25-31-24(17)22(19)23(26-27)16-7-11-20(29-2)21(12-16)30-3/h4-5,7-9,11-13H,6,10,14H2,1-3H3. The van der Waals surface area contributed by atoms with Crippen LogP contribution in [0, 0.1) is 0 Å². The molecule has 0 radical (unpaired) electrons. The normalized spacial score (nSPS) is 12.2. The number of aromatic nitrogens is 3. The lowest BCUT2D eigenvalue weighted by Crippen LogP contribution is -2.10. The van der Waals surface area contributed by atoms with Gasteiger partial charge in [-0.15, -0.1) is 0 Å². The third kappa shape index (κ3) is 3.32. The van der Waals surface area contributed by atoms with Gasteiger partial charge < -0.3 is 18.7 Å². The second-order valence-electron chi connectivity index (χ2n) is 7.43. The molecule has 0 saturated heterocycles. The fraction of sp³-hybridized carbons (Fsp3) is 0.250. The number of nitrogens with zero attached hydrogens (tertiary/aromatic N) is 3. The molecule has 4 aromatic rings. The monoisotopic (exact) mass is 417 g/mol. The number of hydrogen-bond acceptors (Lipinski definition) is 6. The summed E-state index contributed by atoms with van der Waals surface area (Å²) in [5.41, 5.74) is 6.18. The van der Waals surface area contributed by atoms with Crippen molar-refractivity contribution in [3.05, 3.63) is 65.5 Å².